The largest absolute Gasteiger partial charge is 0.396 e. The van der Waals surface area contributed by atoms with E-state index in [9.17, 15) is 10.2 Å². The zero-order valence-corrected chi connectivity index (χ0v) is 10.2. The Balaban J connectivity index is 2.87. The second-order valence-corrected chi connectivity index (χ2v) is 4.26. The first kappa shape index (κ1) is 13.7. The minimum atomic E-state index is -1.18. The van der Waals surface area contributed by atoms with Gasteiger partial charge in [0.1, 0.15) is 11.3 Å². The van der Waals surface area contributed by atoms with Crippen molar-refractivity contribution in [1.82, 2.24) is 9.97 Å². The molecule has 16 heavy (non-hydrogen) atoms. The number of nitrogens with zero attached hydrogens (tertiary/aromatic N) is 2. The van der Waals surface area contributed by atoms with Crippen molar-refractivity contribution in [3.05, 3.63) is 16.9 Å². The summed E-state index contributed by atoms with van der Waals surface area (Å²) in [6, 6.07) is 0. The second-order valence-electron chi connectivity index (χ2n) is 3.13. The molecule has 0 fully saturated rings. The molecule has 0 aliphatic heterocycles. The van der Waals surface area contributed by atoms with E-state index in [0.29, 0.717) is 5.16 Å². The van der Waals surface area contributed by atoms with Crippen molar-refractivity contribution in [2.24, 2.45) is 0 Å². The highest BCUT2D eigenvalue weighted by atomic mass is 35.5. The van der Waals surface area contributed by atoms with Crippen LogP contribution in [0.2, 0.25) is 5.15 Å². The van der Waals surface area contributed by atoms with Crippen LogP contribution in [0.3, 0.4) is 0 Å². The molecule has 3 N–H and O–H groups in total. The van der Waals surface area contributed by atoms with Gasteiger partial charge in [-0.25, -0.2) is 9.97 Å². The van der Waals surface area contributed by atoms with Crippen molar-refractivity contribution >= 4 is 23.4 Å². The zero-order valence-electron chi connectivity index (χ0n) is 8.67. The number of thioether (sulfide) groups is 1. The molecule has 0 aromatic carbocycles. The van der Waals surface area contributed by atoms with E-state index in [-0.39, 0.29) is 23.7 Å². The molecule has 0 bridgehead atoms. The highest BCUT2D eigenvalue weighted by molar-refractivity contribution is 7.98. The molecule has 5 nitrogen and oxygen atoms in total. The van der Waals surface area contributed by atoms with Gasteiger partial charge in [0.2, 0.25) is 0 Å². The van der Waals surface area contributed by atoms with E-state index in [1.807, 2.05) is 6.26 Å². The van der Waals surface area contributed by atoms with Crippen molar-refractivity contribution in [3.8, 4) is 0 Å². The van der Waals surface area contributed by atoms with E-state index >= 15 is 0 Å². The third kappa shape index (κ3) is 3.29. The Morgan fingerprint density at radius 1 is 1.50 bits per heavy atom. The molecule has 0 spiro atoms. The Kier molecular flexibility index (Phi) is 5.43. The molecule has 0 saturated heterocycles. The Bertz CT molecular complexity index is 354. The van der Waals surface area contributed by atoms with Crippen LogP contribution in [0.4, 0.5) is 0 Å². The Morgan fingerprint density at radius 2 is 2.19 bits per heavy atom. The van der Waals surface area contributed by atoms with Crippen LogP contribution in [-0.4, -0.2) is 44.3 Å². The molecule has 0 radical (unpaired) electrons. The van der Waals surface area contributed by atoms with Gasteiger partial charge >= 0.3 is 0 Å². The predicted octanol–water partition coefficient (Wildman–Crippen LogP) is 0.629. The van der Waals surface area contributed by atoms with Gasteiger partial charge in [0.15, 0.2) is 5.16 Å². The van der Waals surface area contributed by atoms with Gasteiger partial charge < -0.3 is 15.3 Å². The number of rotatable bonds is 5. The number of aliphatic hydroxyl groups excluding tert-OH is 3. The standard InChI is InChI=1S/C9H13ClN2O3S/c1-16-9-11-4-5(8(10)12-9)7(15)6(14)2-3-13/h4,6-7,13-15H,2-3H2,1H3. The SMILES string of the molecule is CSc1ncc(C(O)C(O)CCO)c(Cl)n1. The number of aromatic nitrogens is 2. The number of hydrogen-bond donors (Lipinski definition) is 3. The first-order chi connectivity index (χ1) is 7.60. The van der Waals surface area contributed by atoms with Crippen LogP contribution in [0.25, 0.3) is 0 Å². The van der Waals surface area contributed by atoms with Gasteiger partial charge in [-0.15, -0.1) is 0 Å². The monoisotopic (exact) mass is 264 g/mol. The van der Waals surface area contributed by atoms with E-state index in [4.69, 9.17) is 16.7 Å². The van der Waals surface area contributed by atoms with E-state index in [2.05, 4.69) is 9.97 Å². The predicted molar refractivity (Wildman–Crippen MR) is 61.5 cm³/mol. The third-order valence-electron chi connectivity index (χ3n) is 2.04. The summed E-state index contributed by atoms with van der Waals surface area (Å²) in [5.74, 6) is 0. The molecule has 0 amide bonds. The second kappa shape index (κ2) is 6.36. The minimum absolute atomic E-state index is 0.0712. The maximum Gasteiger partial charge on any atom is 0.188 e. The number of halogens is 1. The molecule has 0 aliphatic rings. The lowest BCUT2D eigenvalue weighted by atomic mass is 10.1. The Hall–Kier alpha value is -0.400. The molecule has 0 aliphatic carbocycles. The van der Waals surface area contributed by atoms with Gasteiger partial charge in [-0.05, 0) is 12.7 Å². The minimum Gasteiger partial charge on any atom is -0.396 e. The van der Waals surface area contributed by atoms with Crippen LogP contribution in [0.5, 0.6) is 0 Å². The van der Waals surface area contributed by atoms with Crippen molar-refractivity contribution in [2.45, 2.75) is 23.8 Å². The van der Waals surface area contributed by atoms with Gasteiger partial charge in [-0.3, -0.25) is 0 Å². The van der Waals surface area contributed by atoms with Gasteiger partial charge in [0.05, 0.1) is 6.10 Å². The summed E-state index contributed by atoms with van der Waals surface area (Å²) in [4.78, 5) is 7.89. The summed E-state index contributed by atoms with van der Waals surface area (Å²) in [5, 5.41) is 28.5. The quantitative estimate of drug-likeness (QED) is 0.411. The van der Waals surface area contributed by atoms with Crippen LogP contribution in [0, 0.1) is 0 Å². The molecule has 90 valence electrons. The third-order valence-corrected chi connectivity index (χ3v) is 2.90. The highest BCUT2D eigenvalue weighted by Crippen LogP contribution is 2.25. The van der Waals surface area contributed by atoms with Crippen molar-refractivity contribution in [2.75, 3.05) is 12.9 Å². The molecule has 2 unspecified atom stereocenters. The molecule has 1 rings (SSSR count). The Morgan fingerprint density at radius 3 is 2.69 bits per heavy atom. The van der Waals surface area contributed by atoms with Crippen LogP contribution < -0.4 is 0 Å². The summed E-state index contributed by atoms with van der Waals surface area (Å²) in [6.45, 7) is -0.209. The molecular weight excluding hydrogens is 252 g/mol. The smallest absolute Gasteiger partial charge is 0.188 e. The zero-order chi connectivity index (χ0) is 12.1. The summed E-state index contributed by atoms with van der Waals surface area (Å²) in [7, 11) is 0. The van der Waals surface area contributed by atoms with Gasteiger partial charge in [0, 0.05) is 18.4 Å². The molecule has 7 heteroatoms. The molecule has 2 atom stereocenters. The van der Waals surface area contributed by atoms with E-state index in [0.717, 1.165) is 0 Å². The topological polar surface area (TPSA) is 86.5 Å². The lowest BCUT2D eigenvalue weighted by Crippen LogP contribution is -2.20. The lowest BCUT2D eigenvalue weighted by Gasteiger charge is -2.17. The van der Waals surface area contributed by atoms with Crippen LogP contribution in [-0.2, 0) is 0 Å². The van der Waals surface area contributed by atoms with E-state index in [1.54, 1.807) is 0 Å². The summed E-state index contributed by atoms with van der Waals surface area (Å²) < 4.78 is 0. The summed E-state index contributed by atoms with van der Waals surface area (Å²) in [6.07, 6.45) is 0.998. The molecule has 1 aromatic heterocycles. The summed E-state index contributed by atoms with van der Waals surface area (Å²) >= 11 is 7.18. The average Bonchev–Trinajstić information content (AvgIpc) is 2.28. The first-order valence-corrected chi connectivity index (χ1v) is 6.23. The fourth-order valence-corrected chi connectivity index (χ4v) is 1.78. The van der Waals surface area contributed by atoms with Gasteiger partial charge in [-0.1, -0.05) is 23.4 Å². The molecule has 0 saturated carbocycles. The molecule has 1 aromatic rings. The van der Waals surface area contributed by atoms with Crippen molar-refractivity contribution < 1.29 is 15.3 Å². The molecular formula is C9H13ClN2O3S. The number of aliphatic hydroxyl groups is 3. The first-order valence-electron chi connectivity index (χ1n) is 4.63. The van der Waals surface area contributed by atoms with E-state index < -0.39 is 12.2 Å². The van der Waals surface area contributed by atoms with Crippen LogP contribution in [0.1, 0.15) is 18.1 Å². The molecule has 1 heterocycles. The van der Waals surface area contributed by atoms with Gasteiger partial charge in [-0.2, -0.15) is 0 Å². The lowest BCUT2D eigenvalue weighted by molar-refractivity contribution is 0.00382. The van der Waals surface area contributed by atoms with Crippen molar-refractivity contribution in [3.63, 3.8) is 0 Å². The van der Waals surface area contributed by atoms with Crippen molar-refractivity contribution in [1.29, 1.82) is 0 Å². The van der Waals surface area contributed by atoms with Crippen LogP contribution >= 0.6 is 23.4 Å². The maximum atomic E-state index is 9.73. The fourth-order valence-electron chi connectivity index (χ4n) is 1.15. The Labute approximate surface area is 103 Å². The maximum absolute atomic E-state index is 9.73. The number of hydrogen-bond acceptors (Lipinski definition) is 6. The normalized spacial score (nSPS) is 14.8. The van der Waals surface area contributed by atoms with Gasteiger partial charge in [0.25, 0.3) is 0 Å². The summed E-state index contributed by atoms with van der Waals surface area (Å²) in [5.41, 5.74) is 0.264. The average molecular weight is 265 g/mol. The van der Waals surface area contributed by atoms with Crippen LogP contribution in [0.15, 0.2) is 11.4 Å². The fraction of sp³-hybridized carbons (Fsp3) is 0.556. The van der Waals surface area contributed by atoms with E-state index in [1.165, 1.54) is 18.0 Å². The highest BCUT2D eigenvalue weighted by Gasteiger charge is 2.21.